The molecule has 2 aromatic carbocycles. The van der Waals surface area contributed by atoms with Gasteiger partial charge in [0, 0.05) is 29.9 Å². The molecule has 0 spiro atoms. The number of aromatic hydroxyl groups is 1. The summed E-state index contributed by atoms with van der Waals surface area (Å²) in [7, 11) is 3.99. The number of nitrogens with zero attached hydrogens (tertiary/aromatic N) is 5. The quantitative estimate of drug-likeness (QED) is 0.277. The molecule has 0 aliphatic rings. The fraction of sp³-hybridized carbons (Fsp3) is 0.143. The van der Waals surface area contributed by atoms with Crippen LogP contribution in [0.2, 0.25) is 0 Å². The van der Waals surface area contributed by atoms with Crippen molar-refractivity contribution >= 4 is 22.1 Å². The highest BCUT2D eigenvalue weighted by atomic mass is 19.1. The maximum Gasteiger partial charge on any atom is 0.161 e. The van der Waals surface area contributed by atoms with Gasteiger partial charge >= 0.3 is 0 Å². The maximum absolute atomic E-state index is 14.0. The number of benzene rings is 2. The second-order valence-corrected chi connectivity index (χ2v) is 9.21. The Morgan fingerprint density at radius 3 is 2.68 bits per heavy atom. The lowest BCUT2D eigenvalue weighted by Gasteiger charge is -2.11. The van der Waals surface area contributed by atoms with Crippen LogP contribution in [0, 0.1) is 5.82 Å². The molecule has 0 fully saturated rings. The Morgan fingerprint density at radius 1 is 0.947 bits per heavy atom. The summed E-state index contributed by atoms with van der Waals surface area (Å²) in [5, 5.41) is 17.4. The number of imidazole rings is 1. The first kappa shape index (κ1) is 23.6. The Bertz CT molecular complexity index is 1760. The Balaban J connectivity index is 1.38. The average Bonchev–Trinajstić information content (AvgIpc) is 3.51. The van der Waals surface area contributed by atoms with Crippen LogP contribution in [-0.2, 0) is 0 Å². The number of fused-ring (bicyclic) bond motifs is 2. The molecule has 6 rings (SSSR count). The van der Waals surface area contributed by atoms with Crippen LogP contribution >= 0.6 is 0 Å². The van der Waals surface area contributed by atoms with Crippen molar-refractivity contribution in [3.63, 3.8) is 0 Å². The van der Waals surface area contributed by atoms with E-state index in [9.17, 15) is 9.50 Å². The van der Waals surface area contributed by atoms with Gasteiger partial charge in [-0.25, -0.2) is 14.4 Å². The van der Waals surface area contributed by atoms with Gasteiger partial charge in [-0.2, -0.15) is 5.10 Å². The first-order chi connectivity index (χ1) is 18.4. The van der Waals surface area contributed by atoms with E-state index in [2.05, 4.69) is 25.1 Å². The number of para-hydroxylation sites is 1. The SMILES string of the molecule is CN(C)CCOc1cncc(-c2ccc3[nH]nc(-c4nc5c(-c6cc(O)cc(F)c6)cccc5[nH]4)c3n2)c1. The van der Waals surface area contributed by atoms with E-state index in [4.69, 9.17) is 14.7 Å². The van der Waals surface area contributed by atoms with E-state index in [-0.39, 0.29) is 5.75 Å². The number of halogens is 1. The molecule has 0 atom stereocenters. The van der Waals surface area contributed by atoms with Crippen molar-refractivity contribution in [1.29, 1.82) is 0 Å². The van der Waals surface area contributed by atoms with Gasteiger partial charge in [-0.3, -0.25) is 10.1 Å². The van der Waals surface area contributed by atoms with Gasteiger partial charge in [-0.15, -0.1) is 0 Å². The topological polar surface area (TPSA) is 116 Å². The minimum Gasteiger partial charge on any atom is -0.508 e. The van der Waals surface area contributed by atoms with Crippen molar-refractivity contribution in [2.45, 2.75) is 0 Å². The van der Waals surface area contributed by atoms with Crippen LogP contribution in [0.5, 0.6) is 11.5 Å². The molecule has 3 N–H and O–H groups in total. The number of phenolic OH excluding ortho intramolecular Hbond substituents is 1. The van der Waals surface area contributed by atoms with Gasteiger partial charge in [0.05, 0.1) is 28.4 Å². The lowest BCUT2D eigenvalue weighted by atomic mass is 10.0. The zero-order valence-electron chi connectivity index (χ0n) is 20.7. The molecule has 0 unspecified atom stereocenters. The molecule has 0 aliphatic heterocycles. The second kappa shape index (κ2) is 9.56. The molecular formula is C28H24FN7O2. The molecule has 4 aromatic heterocycles. The number of aromatic nitrogens is 6. The van der Waals surface area contributed by atoms with E-state index < -0.39 is 5.82 Å². The first-order valence-electron chi connectivity index (χ1n) is 12.0. The van der Waals surface area contributed by atoms with Crippen LogP contribution in [0.1, 0.15) is 0 Å². The average molecular weight is 510 g/mol. The third-order valence-corrected chi connectivity index (χ3v) is 6.15. The lowest BCUT2D eigenvalue weighted by molar-refractivity contribution is 0.261. The van der Waals surface area contributed by atoms with Crippen molar-refractivity contribution < 1.29 is 14.2 Å². The predicted molar refractivity (Wildman–Crippen MR) is 143 cm³/mol. The predicted octanol–water partition coefficient (Wildman–Crippen LogP) is 5.02. The molecule has 0 amide bonds. The molecule has 190 valence electrons. The Kier molecular flexibility index (Phi) is 5.93. The van der Waals surface area contributed by atoms with Crippen LogP contribution in [0.25, 0.3) is 56.0 Å². The van der Waals surface area contributed by atoms with Crippen molar-refractivity contribution in [2.24, 2.45) is 0 Å². The van der Waals surface area contributed by atoms with Gasteiger partial charge in [-0.05, 0) is 56.1 Å². The summed E-state index contributed by atoms with van der Waals surface area (Å²) in [4.78, 5) is 19.3. The second-order valence-electron chi connectivity index (χ2n) is 9.21. The Hall–Kier alpha value is -4.83. The largest absolute Gasteiger partial charge is 0.508 e. The number of hydrogen-bond acceptors (Lipinski definition) is 7. The monoisotopic (exact) mass is 509 g/mol. The number of pyridine rings is 2. The highest BCUT2D eigenvalue weighted by molar-refractivity contribution is 5.96. The summed E-state index contributed by atoms with van der Waals surface area (Å²) in [6.07, 6.45) is 3.43. The van der Waals surface area contributed by atoms with Gasteiger partial charge in [-0.1, -0.05) is 12.1 Å². The Morgan fingerprint density at radius 2 is 1.84 bits per heavy atom. The number of rotatable bonds is 7. The molecule has 10 heteroatoms. The molecule has 38 heavy (non-hydrogen) atoms. The highest BCUT2D eigenvalue weighted by Gasteiger charge is 2.17. The first-order valence-corrected chi connectivity index (χ1v) is 12.0. The third-order valence-electron chi connectivity index (χ3n) is 6.15. The minimum atomic E-state index is -0.524. The van der Waals surface area contributed by atoms with Crippen LogP contribution < -0.4 is 4.74 Å². The minimum absolute atomic E-state index is 0.149. The maximum atomic E-state index is 14.0. The number of aromatic amines is 2. The molecule has 0 bridgehead atoms. The third kappa shape index (κ3) is 4.53. The summed E-state index contributed by atoms with van der Waals surface area (Å²) in [6, 6.07) is 15.2. The number of hydrogen-bond donors (Lipinski definition) is 3. The van der Waals surface area contributed by atoms with E-state index in [1.54, 1.807) is 12.4 Å². The number of nitrogens with one attached hydrogen (secondary N) is 2. The van der Waals surface area contributed by atoms with E-state index in [1.807, 2.05) is 50.5 Å². The molecule has 0 aliphatic carbocycles. The van der Waals surface area contributed by atoms with E-state index >= 15 is 0 Å². The smallest absolute Gasteiger partial charge is 0.161 e. The molecule has 0 saturated carbocycles. The molecule has 0 radical (unpaired) electrons. The van der Waals surface area contributed by atoms with Crippen molar-refractivity contribution in [2.75, 3.05) is 27.2 Å². The molecular weight excluding hydrogens is 485 g/mol. The normalized spacial score (nSPS) is 11.6. The standard InChI is InChI=1S/C28H24FN7O2/c1-36(2)8-9-38-20-12-17(14-30-15-20)22-6-7-24-26(31-22)27(35-34-24)28-32-23-5-3-4-21(25(23)33-28)16-10-18(29)13-19(37)11-16/h3-7,10-15,37H,8-9H2,1-2H3,(H,32,33)(H,34,35). The summed E-state index contributed by atoms with van der Waals surface area (Å²) >= 11 is 0. The summed E-state index contributed by atoms with van der Waals surface area (Å²) in [5.41, 5.74) is 6.08. The van der Waals surface area contributed by atoms with Gasteiger partial charge in [0.1, 0.15) is 29.4 Å². The number of likely N-dealkylation sites (N-methyl/N-ethyl adjacent to an activating group) is 1. The summed E-state index contributed by atoms with van der Waals surface area (Å²) < 4.78 is 19.8. The molecule has 9 nitrogen and oxygen atoms in total. The van der Waals surface area contributed by atoms with Gasteiger partial charge < -0.3 is 19.7 Å². The number of ether oxygens (including phenoxy) is 1. The lowest BCUT2D eigenvalue weighted by Crippen LogP contribution is -2.19. The van der Waals surface area contributed by atoms with Crippen LogP contribution in [0.15, 0.2) is 67.0 Å². The summed E-state index contributed by atoms with van der Waals surface area (Å²) in [6.45, 7) is 1.35. The van der Waals surface area contributed by atoms with Crippen LogP contribution in [-0.4, -0.2) is 67.4 Å². The van der Waals surface area contributed by atoms with Gasteiger partial charge in [0.2, 0.25) is 0 Å². The molecule has 6 aromatic rings. The van der Waals surface area contributed by atoms with E-state index in [1.165, 1.54) is 12.1 Å². The molecule has 4 heterocycles. The highest BCUT2D eigenvalue weighted by Crippen LogP contribution is 2.33. The van der Waals surface area contributed by atoms with Crippen LogP contribution in [0.4, 0.5) is 4.39 Å². The molecule has 0 saturated heterocycles. The number of H-pyrrole nitrogens is 2. The van der Waals surface area contributed by atoms with Crippen molar-refractivity contribution in [3.05, 3.63) is 72.8 Å². The fourth-order valence-electron chi connectivity index (χ4n) is 4.32. The summed E-state index contributed by atoms with van der Waals surface area (Å²) in [5.74, 6) is 0.517. The number of phenols is 1. The van der Waals surface area contributed by atoms with E-state index in [0.29, 0.717) is 46.0 Å². The van der Waals surface area contributed by atoms with Crippen LogP contribution in [0.3, 0.4) is 0 Å². The zero-order chi connectivity index (χ0) is 26.2. The van der Waals surface area contributed by atoms with Crippen molar-refractivity contribution in [3.8, 4) is 45.4 Å². The van der Waals surface area contributed by atoms with E-state index in [0.717, 1.165) is 34.9 Å². The van der Waals surface area contributed by atoms with Gasteiger partial charge in [0.15, 0.2) is 11.5 Å². The Labute approximate surface area is 217 Å². The fourth-order valence-corrected chi connectivity index (χ4v) is 4.32. The van der Waals surface area contributed by atoms with Crippen molar-refractivity contribution in [1.82, 2.24) is 35.0 Å². The van der Waals surface area contributed by atoms with Gasteiger partial charge in [0.25, 0.3) is 0 Å². The zero-order valence-corrected chi connectivity index (χ0v) is 20.7.